The largest absolute Gasteiger partial charge is 0.369 e. The Labute approximate surface area is 127 Å². The van der Waals surface area contributed by atoms with Crippen molar-refractivity contribution in [3.05, 3.63) is 59.9 Å². The lowest BCUT2D eigenvalue weighted by atomic mass is 10.1. The van der Waals surface area contributed by atoms with Crippen LogP contribution in [0.25, 0.3) is 0 Å². The molecule has 0 spiro atoms. The molecule has 1 aromatic carbocycles. The molecular formula is C18H23N3. The standard InChI is InChI=1S/C18H23N3/c1-15-8-9-18(13-20-15)21-11-5-10-19-17(14-21)12-16-6-3-2-4-7-16/h2-4,6-9,13,17,19H,5,10-12,14H2,1H3. The van der Waals surface area contributed by atoms with Crippen LogP contribution in [-0.4, -0.2) is 30.7 Å². The van der Waals surface area contributed by atoms with Gasteiger partial charge in [-0.2, -0.15) is 0 Å². The van der Waals surface area contributed by atoms with Crippen LogP contribution in [0.5, 0.6) is 0 Å². The molecule has 1 aliphatic rings. The van der Waals surface area contributed by atoms with Crippen molar-refractivity contribution in [1.29, 1.82) is 0 Å². The Kier molecular flexibility index (Phi) is 4.51. The predicted molar refractivity (Wildman–Crippen MR) is 87.7 cm³/mol. The van der Waals surface area contributed by atoms with Crippen LogP contribution in [0.3, 0.4) is 0 Å². The summed E-state index contributed by atoms with van der Waals surface area (Å²) in [5, 5.41) is 3.68. The van der Waals surface area contributed by atoms with E-state index in [1.165, 1.54) is 17.7 Å². The number of nitrogens with one attached hydrogen (secondary N) is 1. The van der Waals surface area contributed by atoms with Gasteiger partial charge in [-0.3, -0.25) is 4.98 Å². The molecule has 0 radical (unpaired) electrons. The molecule has 2 heterocycles. The summed E-state index contributed by atoms with van der Waals surface area (Å²) in [7, 11) is 0. The number of hydrogen-bond acceptors (Lipinski definition) is 3. The zero-order valence-electron chi connectivity index (χ0n) is 12.6. The molecule has 1 fully saturated rings. The molecule has 1 unspecified atom stereocenters. The van der Waals surface area contributed by atoms with Crippen LogP contribution < -0.4 is 10.2 Å². The van der Waals surface area contributed by atoms with Gasteiger partial charge in [0.1, 0.15) is 0 Å². The summed E-state index contributed by atoms with van der Waals surface area (Å²) in [4.78, 5) is 6.89. The van der Waals surface area contributed by atoms with Gasteiger partial charge in [0.25, 0.3) is 0 Å². The Balaban J connectivity index is 1.70. The van der Waals surface area contributed by atoms with Crippen molar-refractivity contribution in [3.8, 4) is 0 Å². The number of nitrogens with zero attached hydrogens (tertiary/aromatic N) is 2. The number of benzene rings is 1. The Bertz CT molecular complexity index is 550. The van der Waals surface area contributed by atoms with E-state index in [-0.39, 0.29) is 0 Å². The monoisotopic (exact) mass is 281 g/mol. The summed E-state index contributed by atoms with van der Waals surface area (Å²) < 4.78 is 0. The number of hydrogen-bond donors (Lipinski definition) is 1. The second-order valence-electron chi connectivity index (χ2n) is 5.80. The highest BCUT2D eigenvalue weighted by atomic mass is 15.2. The zero-order valence-corrected chi connectivity index (χ0v) is 12.6. The maximum atomic E-state index is 4.43. The molecule has 21 heavy (non-hydrogen) atoms. The maximum Gasteiger partial charge on any atom is 0.0553 e. The molecule has 110 valence electrons. The Morgan fingerprint density at radius 1 is 1.19 bits per heavy atom. The third-order valence-electron chi connectivity index (χ3n) is 4.06. The van der Waals surface area contributed by atoms with Gasteiger partial charge in [0.15, 0.2) is 0 Å². The van der Waals surface area contributed by atoms with Crippen LogP contribution in [0.2, 0.25) is 0 Å². The fourth-order valence-electron chi connectivity index (χ4n) is 2.91. The highest BCUT2D eigenvalue weighted by molar-refractivity contribution is 5.45. The highest BCUT2D eigenvalue weighted by Crippen LogP contribution is 2.17. The third-order valence-corrected chi connectivity index (χ3v) is 4.06. The molecular weight excluding hydrogens is 258 g/mol. The van der Waals surface area contributed by atoms with Gasteiger partial charge >= 0.3 is 0 Å². The van der Waals surface area contributed by atoms with Crippen LogP contribution in [0.4, 0.5) is 5.69 Å². The van der Waals surface area contributed by atoms with Gasteiger partial charge in [0, 0.05) is 24.8 Å². The normalized spacial score (nSPS) is 19.3. The van der Waals surface area contributed by atoms with Gasteiger partial charge in [0.2, 0.25) is 0 Å². The molecule has 0 bridgehead atoms. The van der Waals surface area contributed by atoms with Crippen molar-refractivity contribution in [3.63, 3.8) is 0 Å². The van der Waals surface area contributed by atoms with Crippen LogP contribution in [0, 0.1) is 6.92 Å². The molecule has 1 atom stereocenters. The lowest BCUT2D eigenvalue weighted by molar-refractivity contribution is 0.540. The minimum atomic E-state index is 0.496. The van der Waals surface area contributed by atoms with E-state index in [4.69, 9.17) is 0 Å². The van der Waals surface area contributed by atoms with Gasteiger partial charge in [0.05, 0.1) is 11.9 Å². The number of pyridine rings is 1. The first kappa shape index (κ1) is 14.1. The number of rotatable bonds is 3. The fraction of sp³-hybridized carbons (Fsp3) is 0.389. The fourth-order valence-corrected chi connectivity index (χ4v) is 2.91. The maximum absolute atomic E-state index is 4.43. The quantitative estimate of drug-likeness (QED) is 0.937. The Morgan fingerprint density at radius 2 is 2.05 bits per heavy atom. The lowest BCUT2D eigenvalue weighted by Gasteiger charge is -2.26. The lowest BCUT2D eigenvalue weighted by Crippen LogP contribution is -2.39. The van der Waals surface area contributed by atoms with E-state index in [1.54, 1.807) is 0 Å². The molecule has 3 rings (SSSR count). The molecule has 0 aliphatic carbocycles. The van der Waals surface area contributed by atoms with E-state index >= 15 is 0 Å². The van der Waals surface area contributed by atoms with Crippen LogP contribution in [0.15, 0.2) is 48.7 Å². The molecule has 1 saturated heterocycles. The van der Waals surface area contributed by atoms with Crippen molar-refractivity contribution in [1.82, 2.24) is 10.3 Å². The SMILES string of the molecule is Cc1ccc(N2CCCNC(Cc3ccccc3)C2)cn1. The summed E-state index contributed by atoms with van der Waals surface area (Å²) in [5.41, 5.74) is 3.72. The van der Waals surface area contributed by atoms with Gasteiger partial charge in [-0.1, -0.05) is 30.3 Å². The van der Waals surface area contributed by atoms with Gasteiger partial charge in [-0.25, -0.2) is 0 Å². The molecule has 0 saturated carbocycles. The average molecular weight is 281 g/mol. The summed E-state index contributed by atoms with van der Waals surface area (Å²) in [6.45, 7) is 5.27. The van der Waals surface area contributed by atoms with Gasteiger partial charge < -0.3 is 10.2 Å². The summed E-state index contributed by atoms with van der Waals surface area (Å²) in [6.07, 6.45) is 4.26. The van der Waals surface area contributed by atoms with E-state index in [0.29, 0.717) is 6.04 Å². The first-order valence-electron chi connectivity index (χ1n) is 7.76. The minimum Gasteiger partial charge on any atom is -0.369 e. The van der Waals surface area contributed by atoms with Crippen LogP contribution in [-0.2, 0) is 6.42 Å². The highest BCUT2D eigenvalue weighted by Gasteiger charge is 2.18. The minimum absolute atomic E-state index is 0.496. The second kappa shape index (κ2) is 6.72. The second-order valence-corrected chi connectivity index (χ2v) is 5.80. The number of anilines is 1. The molecule has 3 heteroatoms. The Hall–Kier alpha value is -1.87. The molecule has 1 aliphatic heterocycles. The summed E-state index contributed by atoms with van der Waals surface area (Å²) in [6, 6.07) is 15.5. The van der Waals surface area contributed by atoms with E-state index in [0.717, 1.165) is 31.7 Å². The third kappa shape index (κ3) is 3.82. The first-order chi connectivity index (χ1) is 10.3. The smallest absolute Gasteiger partial charge is 0.0553 e. The number of aryl methyl sites for hydroxylation is 1. The van der Waals surface area contributed by atoms with Crippen molar-refractivity contribution in [2.75, 3.05) is 24.5 Å². The van der Waals surface area contributed by atoms with Crippen molar-refractivity contribution in [2.45, 2.75) is 25.8 Å². The average Bonchev–Trinajstić information content (AvgIpc) is 2.75. The van der Waals surface area contributed by atoms with Crippen molar-refractivity contribution in [2.24, 2.45) is 0 Å². The summed E-state index contributed by atoms with van der Waals surface area (Å²) in [5.74, 6) is 0. The molecule has 1 aromatic heterocycles. The van der Waals surface area contributed by atoms with E-state index in [9.17, 15) is 0 Å². The van der Waals surface area contributed by atoms with Crippen molar-refractivity contribution < 1.29 is 0 Å². The molecule has 0 amide bonds. The first-order valence-corrected chi connectivity index (χ1v) is 7.76. The Morgan fingerprint density at radius 3 is 2.81 bits per heavy atom. The van der Waals surface area contributed by atoms with Crippen LogP contribution in [0.1, 0.15) is 17.7 Å². The predicted octanol–water partition coefficient (Wildman–Crippen LogP) is 2.80. The number of aromatic nitrogens is 1. The summed E-state index contributed by atoms with van der Waals surface area (Å²) >= 11 is 0. The van der Waals surface area contributed by atoms with Crippen LogP contribution >= 0.6 is 0 Å². The van der Waals surface area contributed by atoms with E-state index < -0.39 is 0 Å². The van der Waals surface area contributed by atoms with E-state index in [2.05, 4.69) is 57.7 Å². The topological polar surface area (TPSA) is 28.2 Å². The van der Waals surface area contributed by atoms with Gasteiger partial charge in [-0.15, -0.1) is 0 Å². The van der Waals surface area contributed by atoms with Gasteiger partial charge in [-0.05, 0) is 44.0 Å². The zero-order chi connectivity index (χ0) is 14.5. The van der Waals surface area contributed by atoms with E-state index in [1.807, 2.05) is 13.1 Å². The molecule has 2 aromatic rings. The van der Waals surface area contributed by atoms with Crippen molar-refractivity contribution >= 4 is 5.69 Å². The molecule has 3 nitrogen and oxygen atoms in total. The molecule has 1 N–H and O–H groups in total.